The number of rotatable bonds is 4. The first-order chi connectivity index (χ1) is 7.08. The molecule has 1 aromatic rings. The second-order valence-electron chi connectivity index (χ2n) is 3.15. The fraction of sp³-hybridized carbons (Fsp3) is 0.300. The van der Waals surface area contributed by atoms with E-state index in [4.69, 9.17) is 11.5 Å². The molecule has 0 aliphatic rings. The van der Waals surface area contributed by atoms with E-state index >= 15 is 0 Å². The van der Waals surface area contributed by atoms with Gasteiger partial charge in [0.1, 0.15) is 0 Å². The van der Waals surface area contributed by atoms with Gasteiger partial charge in [-0.25, -0.2) is 0 Å². The number of nitrogens with zero attached hydrogens (tertiary/aromatic N) is 1. The van der Waals surface area contributed by atoms with Gasteiger partial charge in [-0.2, -0.15) is 0 Å². The third-order valence-corrected chi connectivity index (χ3v) is 3.31. The summed E-state index contributed by atoms with van der Waals surface area (Å²) in [5, 5.41) is 0.369. The Bertz CT molecular complexity index is 333. The number of hydrogen-bond donors (Lipinski definition) is 2. The van der Waals surface area contributed by atoms with Crippen LogP contribution in [0.4, 0.5) is 0 Å². The second-order valence-corrected chi connectivity index (χ2v) is 5.58. The van der Waals surface area contributed by atoms with Crippen LogP contribution in [0.3, 0.4) is 0 Å². The van der Waals surface area contributed by atoms with Crippen LogP contribution in [-0.4, -0.2) is 17.8 Å². The Kier molecular flexibility index (Phi) is 4.98. The molecular formula is C10H14BrN3S. The molecule has 4 N–H and O–H groups in total. The van der Waals surface area contributed by atoms with Gasteiger partial charge in [0.25, 0.3) is 0 Å². The minimum Gasteiger partial charge on any atom is -0.370 e. The van der Waals surface area contributed by atoms with Crippen molar-refractivity contribution in [1.29, 1.82) is 0 Å². The smallest absolute Gasteiger partial charge is 0.185 e. The van der Waals surface area contributed by atoms with E-state index in [0.717, 1.165) is 4.47 Å². The van der Waals surface area contributed by atoms with Crippen molar-refractivity contribution in [3.05, 3.63) is 28.7 Å². The Labute approximate surface area is 102 Å². The Morgan fingerprint density at radius 2 is 2.00 bits per heavy atom. The van der Waals surface area contributed by atoms with E-state index in [0.29, 0.717) is 11.8 Å². The lowest BCUT2D eigenvalue weighted by Gasteiger charge is -2.08. The van der Waals surface area contributed by atoms with Crippen LogP contribution in [0.25, 0.3) is 0 Å². The van der Waals surface area contributed by atoms with Crippen molar-refractivity contribution in [1.82, 2.24) is 0 Å². The van der Waals surface area contributed by atoms with E-state index < -0.39 is 0 Å². The molecule has 0 fully saturated rings. The fourth-order valence-electron chi connectivity index (χ4n) is 1.02. The summed E-state index contributed by atoms with van der Waals surface area (Å²) in [6, 6.07) is 8.19. The lowest BCUT2D eigenvalue weighted by Crippen LogP contribution is -2.24. The number of benzene rings is 1. The van der Waals surface area contributed by atoms with E-state index in [1.54, 1.807) is 11.8 Å². The molecule has 1 atom stereocenters. The third-order valence-electron chi connectivity index (χ3n) is 1.68. The monoisotopic (exact) mass is 287 g/mol. The summed E-state index contributed by atoms with van der Waals surface area (Å²) >= 11 is 5.15. The van der Waals surface area contributed by atoms with Crippen molar-refractivity contribution in [2.24, 2.45) is 16.5 Å². The highest BCUT2D eigenvalue weighted by Gasteiger charge is 2.03. The van der Waals surface area contributed by atoms with Crippen molar-refractivity contribution in [2.75, 3.05) is 6.54 Å². The zero-order chi connectivity index (χ0) is 11.3. The Morgan fingerprint density at radius 3 is 2.53 bits per heavy atom. The van der Waals surface area contributed by atoms with Gasteiger partial charge in [-0.05, 0) is 24.3 Å². The molecule has 1 unspecified atom stereocenters. The highest BCUT2D eigenvalue weighted by atomic mass is 79.9. The van der Waals surface area contributed by atoms with E-state index in [1.165, 1.54) is 4.90 Å². The van der Waals surface area contributed by atoms with Crippen LogP contribution < -0.4 is 11.5 Å². The minimum atomic E-state index is 0.151. The molecule has 15 heavy (non-hydrogen) atoms. The zero-order valence-electron chi connectivity index (χ0n) is 8.48. The molecule has 0 radical (unpaired) electrons. The Balaban J connectivity index is 2.47. The van der Waals surface area contributed by atoms with Gasteiger partial charge >= 0.3 is 0 Å². The first-order valence-corrected chi connectivity index (χ1v) is 6.23. The van der Waals surface area contributed by atoms with Gasteiger partial charge in [0.15, 0.2) is 5.96 Å². The average molecular weight is 288 g/mol. The molecule has 0 aromatic heterocycles. The van der Waals surface area contributed by atoms with Crippen molar-refractivity contribution in [3.63, 3.8) is 0 Å². The van der Waals surface area contributed by atoms with Crippen molar-refractivity contribution in [2.45, 2.75) is 17.1 Å². The van der Waals surface area contributed by atoms with Crippen LogP contribution in [-0.2, 0) is 0 Å². The molecule has 0 spiro atoms. The van der Waals surface area contributed by atoms with Crippen LogP contribution in [0, 0.1) is 0 Å². The summed E-state index contributed by atoms with van der Waals surface area (Å²) in [7, 11) is 0. The van der Waals surface area contributed by atoms with Gasteiger partial charge in [-0.1, -0.05) is 22.9 Å². The van der Waals surface area contributed by atoms with Crippen molar-refractivity contribution >= 4 is 33.7 Å². The fourth-order valence-corrected chi connectivity index (χ4v) is 2.19. The van der Waals surface area contributed by atoms with Gasteiger partial charge in [-0.3, -0.25) is 4.99 Å². The quantitative estimate of drug-likeness (QED) is 0.507. The molecule has 1 rings (SSSR count). The van der Waals surface area contributed by atoms with Crippen molar-refractivity contribution < 1.29 is 0 Å². The molecule has 0 heterocycles. The first-order valence-electron chi connectivity index (χ1n) is 4.55. The molecule has 1 aromatic carbocycles. The zero-order valence-corrected chi connectivity index (χ0v) is 10.9. The Morgan fingerprint density at radius 1 is 1.40 bits per heavy atom. The lowest BCUT2D eigenvalue weighted by atomic mass is 10.4. The number of thioether (sulfide) groups is 1. The predicted molar refractivity (Wildman–Crippen MR) is 70.1 cm³/mol. The number of aliphatic imine (C=N–C) groups is 1. The number of nitrogens with two attached hydrogens (primary N) is 2. The van der Waals surface area contributed by atoms with Crippen LogP contribution in [0.5, 0.6) is 0 Å². The summed E-state index contributed by atoms with van der Waals surface area (Å²) in [4.78, 5) is 5.20. The number of halogens is 1. The number of hydrogen-bond acceptors (Lipinski definition) is 2. The van der Waals surface area contributed by atoms with Crippen LogP contribution in [0.2, 0.25) is 0 Å². The highest BCUT2D eigenvalue weighted by Crippen LogP contribution is 2.24. The van der Waals surface area contributed by atoms with Crippen LogP contribution >= 0.6 is 27.7 Å². The lowest BCUT2D eigenvalue weighted by molar-refractivity contribution is 0.945. The summed E-state index contributed by atoms with van der Waals surface area (Å²) in [5.41, 5.74) is 10.5. The maximum Gasteiger partial charge on any atom is 0.185 e. The maximum atomic E-state index is 5.27. The van der Waals surface area contributed by atoms with Crippen molar-refractivity contribution in [3.8, 4) is 0 Å². The molecule has 0 aliphatic carbocycles. The maximum absolute atomic E-state index is 5.27. The molecule has 3 nitrogen and oxygen atoms in total. The van der Waals surface area contributed by atoms with Gasteiger partial charge in [0, 0.05) is 14.6 Å². The number of guanidine groups is 1. The Hall–Kier alpha value is -0.680. The van der Waals surface area contributed by atoms with E-state index in [1.807, 2.05) is 12.1 Å². The van der Waals surface area contributed by atoms with Crippen LogP contribution in [0.1, 0.15) is 6.92 Å². The van der Waals surface area contributed by atoms with E-state index in [-0.39, 0.29) is 5.96 Å². The van der Waals surface area contributed by atoms with Gasteiger partial charge in [-0.15, -0.1) is 11.8 Å². The molecule has 5 heteroatoms. The normalized spacial score (nSPS) is 12.1. The molecule has 0 saturated carbocycles. The van der Waals surface area contributed by atoms with Gasteiger partial charge in [0.2, 0.25) is 0 Å². The molecule has 82 valence electrons. The topological polar surface area (TPSA) is 64.4 Å². The molecule has 0 saturated heterocycles. The summed E-state index contributed by atoms with van der Waals surface area (Å²) in [6.07, 6.45) is 0. The summed E-state index contributed by atoms with van der Waals surface area (Å²) in [5.74, 6) is 0.151. The van der Waals surface area contributed by atoms with E-state index in [9.17, 15) is 0 Å². The first kappa shape index (κ1) is 12.4. The summed E-state index contributed by atoms with van der Waals surface area (Å²) < 4.78 is 1.09. The molecule has 0 amide bonds. The molecule has 0 bridgehead atoms. The van der Waals surface area contributed by atoms with Crippen LogP contribution in [0.15, 0.2) is 38.6 Å². The SMILES string of the molecule is CC(CN=C(N)N)Sc1ccc(Br)cc1. The summed E-state index contributed by atoms with van der Waals surface area (Å²) in [6.45, 7) is 2.74. The molecular weight excluding hydrogens is 274 g/mol. The van der Waals surface area contributed by atoms with Gasteiger partial charge in [0.05, 0.1) is 6.54 Å². The second kappa shape index (κ2) is 6.02. The van der Waals surface area contributed by atoms with E-state index in [2.05, 4.69) is 40.0 Å². The average Bonchev–Trinajstić information content (AvgIpc) is 2.19. The van der Waals surface area contributed by atoms with Gasteiger partial charge < -0.3 is 11.5 Å². The predicted octanol–water partition coefficient (Wildman–Crippen LogP) is 2.20. The highest BCUT2D eigenvalue weighted by molar-refractivity contribution is 9.10. The molecule has 0 aliphatic heterocycles. The minimum absolute atomic E-state index is 0.151. The largest absolute Gasteiger partial charge is 0.370 e. The third kappa shape index (κ3) is 5.09. The standard InChI is InChI=1S/C10H14BrN3S/c1-7(6-14-10(12)13)15-9-4-2-8(11)3-5-9/h2-5,7H,6H2,1H3,(H4,12,13,14).